The maximum Gasteiger partial charge on any atom is 0.258 e. The lowest BCUT2D eigenvalue weighted by molar-refractivity contribution is -0.123. The van der Waals surface area contributed by atoms with Gasteiger partial charge in [-0.25, -0.2) is 0 Å². The SMILES string of the molecule is N#Cc1ccc(OCC(=O)NC[C@@H](O)c2ccccc2)cc1. The molecule has 2 aromatic rings. The van der Waals surface area contributed by atoms with Crippen LogP contribution in [0.2, 0.25) is 0 Å². The molecule has 2 rings (SSSR count). The summed E-state index contributed by atoms with van der Waals surface area (Å²) in [6.07, 6.45) is -0.750. The van der Waals surface area contributed by atoms with Crippen LogP contribution in [-0.4, -0.2) is 24.2 Å². The van der Waals surface area contributed by atoms with Gasteiger partial charge in [0.15, 0.2) is 6.61 Å². The molecular formula is C17H16N2O3. The molecule has 0 aliphatic carbocycles. The second-order valence-electron chi connectivity index (χ2n) is 4.66. The number of aliphatic hydroxyl groups excluding tert-OH is 1. The standard InChI is InChI=1S/C17H16N2O3/c18-10-13-6-8-15(9-7-13)22-12-17(21)19-11-16(20)14-4-2-1-3-5-14/h1-9,16,20H,11-12H2,(H,19,21)/t16-/m1/s1. The third-order valence-electron chi connectivity index (χ3n) is 3.03. The van der Waals surface area contributed by atoms with E-state index in [1.165, 1.54) is 0 Å². The zero-order chi connectivity index (χ0) is 15.8. The topological polar surface area (TPSA) is 82.3 Å². The second-order valence-corrected chi connectivity index (χ2v) is 4.66. The van der Waals surface area contributed by atoms with Gasteiger partial charge in [0.1, 0.15) is 5.75 Å². The van der Waals surface area contributed by atoms with Gasteiger partial charge in [-0.15, -0.1) is 0 Å². The molecule has 2 aromatic carbocycles. The van der Waals surface area contributed by atoms with Crippen LogP contribution in [0.5, 0.6) is 5.75 Å². The summed E-state index contributed by atoms with van der Waals surface area (Å²) < 4.78 is 5.30. The van der Waals surface area contributed by atoms with Crippen molar-refractivity contribution in [1.29, 1.82) is 5.26 Å². The van der Waals surface area contributed by atoms with Gasteiger partial charge in [0.25, 0.3) is 5.91 Å². The Kier molecular flexibility index (Phi) is 5.52. The summed E-state index contributed by atoms with van der Waals surface area (Å²) >= 11 is 0. The number of amides is 1. The number of rotatable bonds is 6. The molecule has 1 atom stereocenters. The van der Waals surface area contributed by atoms with E-state index in [1.54, 1.807) is 36.4 Å². The number of nitrogens with one attached hydrogen (secondary N) is 1. The minimum absolute atomic E-state index is 0.125. The van der Waals surface area contributed by atoms with E-state index in [2.05, 4.69) is 5.32 Å². The monoisotopic (exact) mass is 296 g/mol. The number of aliphatic hydroxyl groups is 1. The number of hydrogen-bond donors (Lipinski definition) is 2. The van der Waals surface area contributed by atoms with Crippen molar-refractivity contribution in [3.8, 4) is 11.8 Å². The molecule has 0 heterocycles. The largest absolute Gasteiger partial charge is 0.484 e. The van der Waals surface area contributed by atoms with Gasteiger partial charge in [-0.05, 0) is 29.8 Å². The minimum Gasteiger partial charge on any atom is -0.484 e. The average Bonchev–Trinajstić information content (AvgIpc) is 2.59. The molecule has 0 unspecified atom stereocenters. The van der Waals surface area contributed by atoms with Crippen molar-refractivity contribution in [2.75, 3.05) is 13.2 Å². The van der Waals surface area contributed by atoms with Gasteiger partial charge in [0.05, 0.1) is 17.7 Å². The van der Waals surface area contributed by atoms with Crippen molar-refractivity contribution >= 4 is 5.91 Å². The molecule has 2 N–H and O–H groups in total. The Hall–Kier alpha value is -2.84. The molecule has 0 radical (unpaired) electrons. The van der Waals surface area contributed by atoms with Gasteiger partial charge in [-0.1, -0.05) is 30.3 Å². The molecule has 0 saturated carbocycles. The van der Waals surface area contributed by atoms with Crippen molar-refractivity contribution in [3.05, 3.63) is 65.7 Å². The Labute approximate surface area is 128 Å². The van der Waals surface area contributed by atoms with Gasteiger partial charge >= 0.3 is 0 Å². The first kappa shape index (κ1) is 15.5. The summed E-state index contributed by atoms with van der Waals surface area (Å²) in [5.41, 5.74) is 1.28. The van der Waals surface area contributed by atoms with E-state index in [0.29, 0.717) is 11.3 Å². The first-order valence-corrected chi connectivity index (χ1v) is 6.81. The smallest absolute Gasteiger partial charge is 0.258 e. The lowest BCUT2D eigenvalue weighted by Gasteiger charge is -2.12. The van der Waals surface area contributed by atoms with Crippen molar-refractivity contribution in [2.45, 2.75) is 6.10 Å². The summed E-state index contributed by atoms with van der Waals surface area (Å²) in [5.74, 6) is 0.192. The molecule has 5 heteroatoms. The highest BCUT2D eigenvalue weighted by Gasteiger charge is 2.09. The Balaban J connectivity index is 1.75. The minimum atomic E-state index is -0.750. The van der Waals surface area contributed by atoms with E-state index in [4.69, 9.17) is 10.00 Å². The molecule has 0 aliphatic heterocycles. The van der Waals surface area contributed by atoms with E-state index in [9.17, 15) is 9.90 Å². The Morgan fingerprint density at radius 3 is 2.50 bits per heavy atom. The van der Waals surface area contributed by atoms with Crippen LogP contribution in [0.25, 0.3) is 0 Å². The van der Waals surface area contributed by atoms with E-state index in [0.717, 1.165) is 5.56 Å². The fourth-order valence-electron chi connectivity index (χ4n) is 1.83. The average molecular weight is 296 g/mol. The summed E-state index contributed by atoms with van der Waals surface area (Å²) in [4.78, 5) is 11.7. The van der Waals surface area contributed by atoms with E-state index < -0.39 is 6.10 Å². The Morgan fingerprint density at radius 2 is 1.86 bits per heavy atom. The number of carbonyl (C=O) groups is 1. The number of carbonyl (C=O) groups excluding carboxylic acids is 1. The van der Waals surface area contributed by atoms with Gasteiger partial charge < -0.3 is 15.2 Å². The molecular weight excluding hydrogens is 280 g/mol. The summed E-state index contributed by atoms with van der Waals surface area (Å²) in [5, 5.41) is 21.2. The molecule has 0 bridgehead atoms. The lowest BCUT2D eigenvalue weighted by atomic mass is 10.1. The molecule has 0 fully saturated rings. The first-order valence-electron chi connectivity index (χ1n) is 6.81. The molecule has 0 saturated heterocycles. The highest BCUT2D eigenvalue weighted by Crippen LogP contribution is 2.12. The van der Waals surface area contributed by atoms with Crippen molar-refractivity contribution in [2.24, 2.45) is 0 Å². The van der Waals surface area contributed by atoms with Crippen LogP contribution in [-0.2, 0) is 4.79 Å². The van der Waals surface area contributed by atoms with E-state index in [1.807, 2.05) is 24.3 Å². The lowest BCUT2D eigenvalue weighted by Crippen LogP contribution is -2.32. The Morgan fingerprint density at radius 1 is 1.18 bits per heavy atom. The van der Waals surface area contributed by atoms with Crippen LogP contribution in [0.15, 0.2) is 54.6 Å². The number of hydrogen-bond acceptors (Lipinski definition) is 4. The molecule has 0 aliphatic rings. The van der Waals surface area contributed by atoms with Gasteiger partial charge in [-0.2, -0.15) is 5.26 Å². The third-order valence-corrected chi connectivity index (χ3v) is 3.03. The fraction of sp³-hybridized carbons (Fsp3) is 0.176. The number of nitrogens with zero attached hydrogens (tertiary/aromatic N) is 1. The molecule has 5 nitrogen and oxygen atoms in total. The maximum absolute atomic E-state index is 11.7. The third kappa shape index (κ3) is 4.62. The van der Waals surface area contributed by atoms with Crippen LogP contribution in [0.3, 0.4) is 0 Å². The second kappa shape index (κ2) is 7.81. The quantitative estimate of drug-likeness (QED) is 0.851. The van der Waals surface area contributed by atoms with E-state index in [-0.39, 0.29) is 19.1 Å². The number of nitriles is 1. The highest BCUT2D eigenvalue weighted by atomic mass is 16.5. The number of ether oxygens (including phenoxy) is 1. The van der Waals surface area contributed by atoms with Crippen LogP contribution in [0.1, 0.15) is 17.2 Å². The fourth-order valence-corrected chi connectivity index (χ4v) is 1.83. The molecule has 0 aromatic heterocycles. The van der Waals surface area contributed by atoms with Gasteiger partial charge in [0, 0.05) is 6.54 Å². The molecule has 0 spiro atoms. The van der Waals surface area contributed by atoms with Gasteiger partial charge in [0.2, 0.25) is 0 Å². The molecule has 22 heavy (non-hydrogen) atoms. The maximum atomic E-state index is 11.7. The van der Waals surface area contributed by atoms with Crippen LogP contribution >= 0.6 is 0 Å². The first-order chi connectivity index (χ1) is 10.7. The van der Waals surface area contributed by atoms with Crippen molar-refractivity contribution in [1.82, 2.24) is 5.32 Å². The normalized spacial score (nSPS) is 11.3. The molecule has 1 amide bonds. The van der Waals surface area contributed by atoms with E-state index >= 15 is 0 Å². The zero-order valence-corrected chi connectivity index (χ0v) is 11.9. The van der Waals surface area contributed by atoms with Crippen LogP contribution in [0, 0.1) is 11.3 Å². The van der Waals surface area contributed by atoms with Crippen molar-refractivity contribution in [3.63, 3.8) is 0 Å². The number of benzene rings is 2. The predicted molar refractivity (Wildman–Crippen MR) is 81.1 cm³/mol. The zero-order valence-electron chi connectivity index (χ0n) is 11.9. The summed E-state index contributed by atoms with van der Waals surface area (Å²) in [6, 6.07) is 17.6. The van der Waals surface area contributed by atoms with Crippen molar-refractivity contribution < 1.29 is 14.6 Å². The molecule has 112 valence electrons. The highest BCUT2D eigenvalue weighted by molar-refractivity contribution is 5.77. The summed E-state index contributed by atoms with van der Waals surface area (Å²) in [6.45, 7) is -0.0208. The summed E-state index contributed by atoms with van der Waals surface area (Å²) in [7, 11) is 0. The van der Waals surface area contributed by atoms with Crippen LogP contribution < -0.4 is 10.1 Å². The predicted octanol–water partition coefficient (Wildman–Crippen LogP) is 1.79. The van der Waals surface area contributed by atoms with Crippen LogP contribution in [0.4, 0.5) is 0 Å². The van der Waals surface area contributed by atoms with Gasteiger partial charge in [-0.3, -0.25) is 4.79 Å². The Bertz CT molecular complexity index is 648.